The van der Waals surface area contributed by atoms with Crippen molar-refractivity contribution in [1.82, 2.24) is 14.0 Å². The van der Waals surface area contributed by atoms with Gasteiger partial charge in [-0.05, 0) is 37.8 Å². The lowest BCUT2D eigenvalue weighted by molar-refractivity contribution is 0.400. The molecular weight excluding hydrogens is 302 g/mol. The largest absolute Gasteiger partial charge is 0.441 e. The van der Waals surface area contributed by atoms with Crippen molar-refractivity contribution in [3.63, 3.8) is 0 Å². The van der Waals surface area contributed by atoms with Gasteiger partial charge in [0, 0.05) is 26.1 Å². The maximum Gasteiger partial charge on any atom is 0.279 e. The lowest BCUT2D eigenvalue weighted by atomic mass is 10.1. The Kier molecular flexibility index (Phi) is 4.20. The van der Waals surface area contributed by atoms with Crippen LogP contribution in [0, 0.1) is 6.92 Å². The summed E-state index contributed by atoms with van der Waals surface area (Å²) in [5.41, 5.74) is 2.55. The van der Waals surface area contributed by atoms with E-state index in [1.54, 1.807) is 11.2 Å². The maximum atomic E-state index is 12.3. The Morgan fingerprint density at radius 2 is 2.27 bits per heavy atom. The topological polar surface area (TPSA) is 75.4 Å². The van der Waals surface area contributed by atoms with Crippen molar-refractivity contribution in [2.24, 2.45) is 0 Å². The van der Waals surface area contributed by atoms with E-state index < -0.39 is 10.2 Å². The molecule has 7 heteroatoms. The minimum absolute atomic E-state index is 0.0825. The Balaban J connectivity index is 1.67. The van der Waals surface area contributed by atoms with Crippen molar-refractivity contribution in [2.45, 2.75) is 39.2 Å². The predicted molar refractivity (Wildman–Crippen MR) is 84.8 cm³/mol. The molecule has 0 aliphatic carbocycles. The number of aromatic nitrogens is 1. The summed E-state index contributed by atoms with van der Waals surface area (Å²) in [5, 5.41) is 0. The number of hydrogen-bond acceptors (Lipinski definition) is 4. The molecule has 0 spiro atoms. The molecule has 1 aromatic carbocycles. The monoisotopic (exact) mass is 323 g/mol. The molecule has 120 valence electrons. The number of oxazole rings is 1. The number of aryl methyl sites for hydroxylation is 1. The van der Waals surface area contributed by atoms with Crippen LogP contribution in [0.5, 0.6) is 0 Å². The van der Waals surface area contributed by atoms with Crippen molar-refractivity contribution in [3.8, 4) is 0 Å². The van der Waals surface area contributed by atoms with Crippen LogP contribution in [0.1, 0.15) is 31.2 Å². The highest BCUT2D eigenvalue weighted by Gasteiger charge is 2.30. The molecule has 1 unspecified atom stereocenters. The minimum Gasteiger partial charge on any atom is -0.441 e. The molecule has 2 heterocycles. The molecule has 1 aliphatic heterocycles. The molecule has 1 fully saturated rings. The highest BCUT2D eigenvalue weighted by atomic mass is 32.2. The molecule has 2 aromatic rings. The molecule has 22 heavy (non-hydrogen) atoms. The Hall–Kier alpha value is -1.44. The summed E-state index contributed by atoms with van der Waals surface area (Å²) in [6.07, 6.45) is 2.45. The summed E-state index contributed by atoms with van der Waals surface area (Å²) in [6.45, 7) is 4.72. The van der Waals surface area contributed by atoms with Gasteiger partial charge >= 0.3 is 0 Å². The number of para-hydroxylation sites is 1. The molecule has 0 saturated carbocycles. The zero-order valence-electron chi connectivity index (χ0n) is 12.9. The number of nitrogens with one attached hydrogen (secondary N) is 1. The van der Waals surface area contributed by atoms with E-state index in [-0.39, 0.29) is 6.04 Å². The average molecular weight is 323 g/mol. The van der Waals surface area contributed by atoms with Crippen LogP contribution < -0.4 is 4.72 Å². The van der Waals surface area contributed by atoms with Crippen molar-refractivity contribution in [3.05, 3.63) is 29.7 Å². The molecule has 1 aromatic heterocycles. The molecule has 0 radical (unpaired) electrons. The van der Waals surface area contributed by atoms with Gasteiger partial charge in [-0.1, -0.05) is 12.1 Å². The first-order valence-corrected chi connectivity index (χ1v) is 9.03. The number of nitrogens with zero attached hydrogens (tertiary/aromatic N) is 2. The van der Waals surface area contributed by atoms with Gasteiger partial charge in [-0.15, -0.1) is 0 Å². The Morgan fingerprint density at radius 3 is 3.00 bits per heavy atom. The summed E-state index contributed by atoms with van der Waals surface area (Å²) in [6, 6.07) is 5.81. The van der Waals surface area contributed by atoms with Gasteiger partial charge in [-0.2, -0.15) is 12.7 Å². The van der Waals surface area contributed by atoms with Crippen LogP contribution in [0.3, 0.4) is 0 Å². The molecule has 1 atom stereocenters. The first-order chi connectivity index (χ1) is 10.5. The zero-order chi connectivity index (χ0) is 15.7. The third-order valence-corrected chi connectivity index (χ3v) is 5.82. The summed E-state index contributed by atoms with van der Waals surface area (Å²) in [5.74, 6) is 0.619. The van der Waals surface area contributed by atoms with Crippen LogP contribution in [-0.4, -0.2) is 36.8 Å². The number of benzene rings is 1. The number of hydrogen-bond donors (Lipinski definition) is 1. The Morgan fingerprint density at radius 1 is 1.45 bits per heavy atom. The third-order valence-electron chi connectivity index (χ3n) is 4.09. The van der Waals surface area contributed by atoms with Gasteiger partial charge in [-0.3, -0.25) is 0 Å². The SMILES string of the molecule is Cc1nc2c(CCNS(=O)(=O)N3CCCC3C)cccc2o1. The Bertz CT molecular complexity index is 769. The van der Waals surface area contributed by atoms with Crippen LogP contribution in [0.2, 0.25) is 0 Å². The molecule has 1 aliphatic rings. The van der Waals surface area contributed by atoms with E-state index in [1.807, 2.05) is 25.1 Å². The van der Waals surface area contributed by atoms with E-state index in [9.17, 15) is 8.42 Å². The average Bonchev–Trinajstić information content (AvgIpc) is 3.04. The van der Waals surface area contributed by atoms with Crippen LogP contribution >= 0.6 is 0 Å². The molecule has 1 saturated heterocycles. The van der Waals surface area contributed by atoms with E-state index >= 15 is 0 Å². The van der Waals surface area contributed by atoms with Gasteiger partial charge in [0.05, 0.1) is 0 Å². The van der Waals surface area contributed by atoms with Crippen LogP contribution in [0.25, 0.3) is 11.1 Å². The lowest BCUT2D eigenvalue weighted by Gasteiger charge is -2.21. The Labute approximate surface area is 130 Å². The van der Waals surface area contributed by atoms with E-state index in [1.165, 1.54) is 0 Å². The smallest absolute Gasteiger partial charge is 0.279 e. The fraction of sp³-hybridized carbons (Fsp3) is 0.533. The second-order valence-corrected chi connectivity index (χ2v) is 7.46. The van der Waals surface area contributed by atoms with E-state index in [4.69, 9.17) is 4.42 Å². The molecule has 0 amide bonds. The second kappa shape index (κ2) is 5.98. The number of fused-ring (bicyclic) bond motifs is 1. The van der Waals surface area contributed by atoms with Crippen LogP contribution in [0.15, 0.2) is 22.6 Å². The summed E-state index contributed by atoms with van der Waals surface area (Å²) < 4.78 is 34.3. The van der Waals surface area contributed by atoms with Gasteiger partial charge in [0.25, 0.3) is 10.2 Å². The normalized spacial score (nSPS) is 20.0. The fourth-order valence-electron chi connectivity index (χ4n) is 2.98. The van der Waals surface area contributed by atoms with Gasteiger partial charge in [0.2, 0.25) is 0 Å². The molecule has 0 bridgehead atoms. The van der Waals surface area contributed by atoms with Crippen molar-refractivity contribution in [1.29, 1.82) is 0 Å². The van der Waals surface area contributed by atoms with Crippen LogP contribution in [-0.2, 0) is 16.6 Å². The van der Waals surface area contributed by atoms with Crippen molar-refractivity contribution < 1.29 is 12.8 Å². The van der Waals surface area contributed by atoms with Gasteiger partial charge in [0.15, 0.2) is 11.5 Å². The minimum atomic E-state index is -3.39. The van der Waals surface area contributed by atoms with Gasteiger partial charge in [0.1, 0.15) is 5.52 Å². The molecule has 6 nitrogen and oxygen atoms in total. The fourth-order valence-corrected chi connectivity index (χ4v) is 4.45. The second-order valence-electron chi connectivity index (χ2n) is 5.75. The van der Waals surface area contributed by atoms with Crippen molar-refractivity contribution in [2.75, 3.05) is 13.1 Å². The van der Waals surface area contributed by atoms with E-state index in [2.05, 4.69) is 9.71 Å². The molecule has 3 rings (SSSR count). The first-order valence-electron chi connectivity index (χ1n) is 7.59. The van der Waals surface area contributed by atoms with Crippen molar-refractivity contribution >= 4 is 21.3 Å². The zero-order valence-corrected chi connectivity index (χ0v) is 13.7. The molecular formula is C15H21N3O3S. The molecule has 1 N–H and O–H groups in total. The quantitative estimate of drug-likeness (QED) is 0.913. The standard InChI is InChI=1S/C15H21N3O3S/c1-11-5-4-10-18(11)22(19,20)16-9-8-13-6-3-7-14-15(13)17-12(2)21-14/h3,6-7,11,16H,4-5,8-10H2,1-2H3. The van der Waals surface area contributed by atoms with Crippen LogP contribution in [0.4, 0.5) is 0 Å². The van der Waals surface area contributed by atoms with E-state index in [0.717, 1.165) is 29.5 Å². The highest BCUT2D eigenvalue weighted by molar-refractivity contribution is 7.87. The third kappa shape index (κ3) is 3.02. The first kappa shape index (κ1) is 15.5. The van der Waals surface area contributed by atoms with Gasteiger partial charge < -0.3 is 4.42 Å². The van der Waals surface area contributed by atoms with Gasteiger partial charge in [-0.25, -0.2) is 9.71 Å². The number of rotatable bonds is 5. The lowest BCUT2D eigenvalue weighted by Crippen LogP contribution is -2.43. The van der Waals surface area contributed by atoms with E-state index in [0.29, 0.717) is 25.4 Å². The maximum absolute atomic E-state index is 12.3. The summed E-state index contributed by atoms with van der Waals surface area (Å²) in [7, 11) is -3.39. The summed E-state index contributed by atoms with van der Waals surface area (Å²) in [4.78, 5) is 4.36. The summed E-state index contributed by atoms with van der Waals surface area (Å²) >= 11 is 0. The highest BCUT2D eigenvalue weighted by Crippen LogP contribution is 2.21. The predicted octanol–water partition coefficient (Wildman–Crippen LogP) is 2.00.